The second-order valence-electron chi connectivity index (χ2n) is 5.25. The van der Waals surface area contributed by atoms with Crippen molar-refractivity contribution in [1.82, 2.24) is 9.97 Å². The van der Waals surface area contributed by atoms with Crippen molar-refractivity contribution >= 4 is 11.6 Å². The van der Waals surface area contributed by atoms with E-state index in [0.717, 1.165) is 0 Å². The third-order valence-electron chi connectivity index (χ3n) is 3.09. The SMILES string of the molecule is CCN(c1ncc(C(F)(F)F)c(OC(C)C)n1)c1ccccc1F. The van der Waals surface area contributed by atoms with Gasteiger partial charge in [-0.25, -0.2) is 9.37 Å². The molecular formula is C16H17F4N3O. The zero-order valence-electron chi connectivity index (χ0n) is 13.4. The quantitative estimate of drug-likeness (QED) is 0.745. The Morgan fingerprint density at radius 2 is 1.88 bits per heavy atom. The Bertz CT molecular complexity index is 704. The van der Waals surface area contributed by atoms with E-state index in [-0.39, 0.29) is 18.2 Å². The summed E-state index contributed by atoms with van der Waals surface area (Å²) in [5.74, 6) is -1.15. The first-order chi connectivity index (χ1) is 11.2. The molecule has 4 nitrogen and oxygen atoms in total. The zero-order chi connectivity index (χ0) is 17.9. The van der Waals surface area contributed by atoms with Crippen LogP contribution >= 0.6 is 0 Å². The van der Waals surface area contributed by atoms with Gasteiger partial charge in [-0.1, -0.05) is 12.1 Å². The fourth-order valence-corrected chi connectivity index (χ4v) is 2.09. The monoisotopic (exact) mass is 343 g/mol. The van der Waals surface area contributed by atoms with Gasteiger partial charge < -0.3 is 9.64 Å². The van der Waals surface area contributed by atoms with E-state index in [1.165, 1.54) is 23.1 Å². The van der Waals surface area contributed by atoms with E-state index >= 15 is 0 Å². The second kappa shape index (κ2) is 7.02. The molecule has 0 aliphatic rings. The van der Waals surface area contributed by atoms with Gasteiger partial charge in [0.05, 0.1) is 11.8 Å². The van der Waals surface area contributed by atoms with E-state index in [1.807, 2.05) is 0 Å². The maximum absolute atomic E-state index is 14.0. The summed E-state index contributed by atoms with van der Waals surface area (Å²) in [7, 11) is 0. The Kier molecular flexibility index (Phi) is 5.26. The summed E-state index contributed by atoms with van der Waals surface area (Å²) in [4.78, 5) is 9.00. The number of alkyl halides is 3. The van der Waals surface area contributed by atoms with Crippen molar-refractivity contribution in [3.8, 4) is 5.88 Å². The summed E-state index contributed by atoms with van der Waals surface area (Å²) < 4.78 is 58.4. The van der Waals surface area contributed by atoms with E-state index in [1.54, 1.807) is 26.8 Å². The largest absolute Gasteiger partial charge is 0.474 e. The molecule has 0 amide bonds. The van der Waals surface area contributed by atoms with Crippen LogP contribution in [0.15, 0.2) is 30.5 Å². The number of rotatable bonds is 5. The van der Waals surface area contributed by atoms with Crippen molar-refractivity contribution < 1.29 is 22.3 Å². The van der Waals surface area contributed by atoms with Gasteiger partial charge in [0.1, 0.15) is 11.4 Å². The summed E-state index contributed by atoms with van der Waals surface area (Å²) in [5.41, 5.74) is -0.889. The molecule has 0 aliphatic carbocycles. The maximum atomic E-state index is 14.0. The first kappa shape index (κ1) is 18.0. The molecule has 0 saturated carbocycles. The lowest BCUT2D eigenvalue weighted by Gasteiger charge is -2.23. The van der Waals surface area contributed by atoms with Gasteiger partial charge in [-0.15, -0.1) is 0 Å². The lowest BCUT2D eigenvalue weighted by atomic mass is 10.2. The van der Waals surface area contributed by atoms with E-state index in [9.17, 15) is 17.6 Å². The molecule has 8 heteroatoms. The third kappa shape index (κ3) is 3.93. The summed E-state index contributed by atoms with van der Waals surface area (Å²) in [6, 6.07) is 5.90. The van der Waals surface area contributed by atoms with Gasteiger partial charge >= 0.3 is 6.18 Å². The van der Waals surface area contributed by atoms with Crippen LogP contribution in [0.25, 0.3) is 0 Å². The Hall–Kier alpha value is -2.38. The fourth-order valence-electron chi connectivity index (χ4n) is 2.09. The van der Waals surface area contributed by atoms with Gasteiger partial charge in [0.2, 0.25) is 11.8 Å². The van der Waals surface area contributed by atoms with Crippen molar-refractivity contribution in [2.45, 2.75) is 33.1 Å². The number of hydrogen-bond acceptors (Lipinski definition) is 4. The maximum Gasteiger partial charge on any atom is 0.423 e. The van der Waals surface area contributed by atoms with E-state index in [0.29, 0.717) is 6.20 Å². The standard InChI is InChI=1S/C16H17F4N3O/c1-4-23(13-8-6-5-7-12(13)17)15-21-9-11(16(18,19)20)14(22-15)24-10(2)3/h5-10H,4H2,1-3H3. The molecule has 0 fully saturated rings. The van der Waals surface area contributed by atoms with E-state index in [2.05, 4.69) is 9.97 Å². The van der Waals surface area contributed by atoms with Crippen LogP contribution in [0.5, 0.6) is 5.88 Å². The molecule has 1 aromatic heterocycles. The molecule has 1 heterocycles. The van der Waals surface area contributed by atoms with Gasteiger partial charge in [-0.3, -0.25) is 0 Å². The van der Waals surface area contributed by atoms with Crippen LogP contribution in [0, 0.1) is 5.82 Å². The average molecular weight is 343 g/mol. The molecule has 2 aromatic rings. The molecule has 0 N–H and O–H groups in total. The van der Waals surface area contributed by atoms with Gasteiger partial charge in [0.15, 0.2) is 0 Å². The van der Waals surface area contributed by atoms with Crippen LogP contribution < -0.4 is 9.64 Å². The van der Waals surface area contributed by atoms with Crippen molar-refractivity contribution in [2.75, 3.05) is 11.4 Å². The molecule has 0 atom stereocenters. The highest BCUT2D eigenvalue weighted by molar-refractivity contribution is 5.58. The summed E-state index contributed by atoms with van der Waals surface area (Å²) >= 11 is 0. The lowest BCUT2D eigenvalue weighted by Crippen LogP contribution is -2.22. The predicted molar refractivity (Wildman–Crippen MR) is 81.9 cm³/mol. The van der Waals surface area contributed by atoms with Crippen molar-refractivity contribution in [1.29, 1.82) is 0 Å². The third-order valence-corrected chi connectivity index (χ3v) is 3.09. The first-order valence-corrected chi connectivity index (χ1v) is 7.37. The van der Waals surface area contributed by atoms with Crippen molar-refractivity contribution in [3.63, 3.8) is 0 Å². The molecule has 0 spiro atoms. The number of ether oxygens (including phenoxy) is 1. The number of benzene rings is 1. The van der Waals surface area contributed by atoms with Crippen LogP contribution in [0.4, 0.5) is 29.2 Å². The highest BCUT2D eigenvalue weighted by Crippen LogP contribution is 2.36. The Labute approximate surface area is 137 Å². The molecule has 0 unspecified atom stereocenters. The first-order valence-electron chi connectivity index (χ1n) is 7.37. The summed E-state index contributed by atoms with van der Waals surface area (Å²) in [6.45, 7) is 5.18. The van der Waals surface area contributed by atoms with Crippen LogP contribution in [0.3, 0.4) is 0 Å². The number of para-hydroxylation sites is 1. The molecule has 0 aliphatic heterocycles. The number of halogens is 4. The minimum atomic E-state index is -4.64. The lowest BCUT2D eigenvalue weighted by molar-refractivity contribution is -0.139. The number of hydrogen-bond donors (Lipinski definition) is 0. The van der Waals surface area contributed by atoms with Crippen LogP contribution in [-0.2, 0) is 6.18 Å². The topological polar surface area (TPSA) is 38.2 Å². The molecular weight excluding hydrogens is 326 g/mol. The normalized spacial score (nSPS) is 11.7. The van der Waals surface area contributed by atoms with Crippen molar-refractivity contribution in [3.05, 3.63) is 41.8 Å². The molecule has 0 saturated heterocycles. The highest BCUT2D eigenvalue weighted by Gasteiger charge is 2.37. The summed E-state index contributed by atoms with van der Waals surface area (Å²) in [5, 5.41) is 0. The predicted octanol–water partition coefficient (Wildman–Crippen LogP) is 4.58. The van der Waals surface area contributed by atoms with E-state index < -0.39 is 29.5 Å². The Morgan fingerprint density at radius 3 is 2.42 bits per heavy atom. The second-order valence-corrected chi connectivity index (χ2v) is 5.25. The number of aromatic nitrogens is 2. The van der Waals surface area contributed by atoms with Crippen molar-refractivity contribution in [2.24, 2.45) is 0 Å². The van der Waals surface area contributed by atoms with Crippen LogP contribution in [0.1, 0.15) is 26.3 Å². The average Bonchev–Trinajstić information content (AvgIpc) is 2.48. The van der Waals surface area contributed by atoms with Gasteiger partial charge in [-0.05, 0) is 32.9 Å². The Morgan fingerprint density at radius 1 is 1.21 bits per heavy atom. The summed E-state index contributed by atoms with van der Waals surface area (Å²) in [6.07, 6.45) is -4.49. The highest BCUT2D eigenvalue weighted by atomic mass is 19.4. The Balaban J connectivity index is 2.52. The number of anilines is 2. The molecule has 130 valence electrons. The number of nitrogens with zero attached hydrogens (tertiary/aromatic N) is 3. The molecule has 24 heavy (non-hydrogen) atoms. The molecule has 0 bridgehead atoms. The minimum absolute atomic E-state index is 0.0637. The molecule has 0 radical (unpaired) electrons. The zero-order valence-corrected chi connectivity index (χ0v) is 13.4. The van der Waals surface area contributed by atoms with Gasteiger partial charge in [0.25, 0.3) is 0 Å². The smallest absolute Gasteiger partial charge is 0.423 e. The molecule has 2 rings (SSSR count). The van der Waals surface area contributed by atoms with Gasteiger partial charge in [-0.2, -0.15) is 18.2 Å². The van der Waals surface area contributed by atoms with Crippen LogP contribution in [-0.4, -0.2) is 22.6 Å². The van der Waals surface area contributed by atoms with Crippen LogP contribution in [0.2, 0.25) is 0 Å². The molecule has 1 aromatic carbocycles. The van der Waals surface area contributed by atoms with E-state index in [4.69, 9.17) is 4.74 Å². The fraction of sp³-hybridized carbons (Fsp3) is 0.375. The van der Waals surface area contributed by atoms with Gasteiger partial charge in [0, 0.05) is 12.7 Å². The minimum Gasteiger partial charge on any atom is -0.474 e.